The number of hydrogen-bond acceptors (Lipinski definition) is 7. The van der Waals surface area contributed by atoms with Gasteiger partial charge in [-0.1, -0.05) is 0 Å². The third kappa shape index (κ3) is 4.82. The molecule has 0 aromatic heterocycles. The summed E-state index contributed by atoms with van der Waals surface area (Å²) in [5.41, 5.74) is 0.561. The Labute approximate surface area is 160 Å². The van der Waals surface area contributed by atoms with Crippen molar-refractivity contribution in [3.05, 3.63) is 52.1 Å². The molecule has 2 N–H and O–H groups in total. The lowest BCUT2D eigenvalue weighted by Crippen LogP contribution is -2.34. The van der Waals surface area contributed by atoms with E-state index in [1.807, 2.05) is 0 Å². The third-order valence-corrected chi connectivity index (χ3v) is 3.72. The van der Waals surface area contributed by atoms with Crippen LogP contribution in [0.1, 0.15) is 10.4 Å². The summed E-state index contributed by atoms with van der Waals surface area (Å²) in [6, 6.07) is 8.66. The Morgan fingerprint density at radius 1 is 1.00 bits per heavy atom. The van der Waals surface area contributed by atoms with Gasteiger partial charge < -0.3 is 19.5 Å². The predicted molar refractivity (Wildman–Crippen MR) is 103 cm³/mol. The minimum absolute atomic E-state index is 0.00179. The number of thiocarbonyl (C=S) groups is 1. The zero-order valence-electron chi connectivity index (χ0n) is 14.8. The Balaban J connectivity index is 2.11. The maximum Gasteiger partial charge on any atom is 0.273 e. The highest BCUT2D eigenvalue weighted by Gasteiger charge is 2.15. The molecular weight excluding hydrogens is 374 g/mol. The maximum absolute atomic E-state index is 12.4. The molecule has 0 atom stereocenters. The fourth-order valence-electron chi connectivity index (χ4n) is 2.20. The van der Waals surface area contributed by atoms with Crippen LogP contribution >= 0.6 is 12.2 Å². The summed E-state index contributed by atoms with van der Waals surface area (Å²) in [5.74, 6) is 0.646. The van der Waals surface area contributed by atoms with Gasteiger partial charge in [0.2, 0.25) is 0 Å². The summed E-state index contributed by atoms with van der Waals surface area (Å²) < 4.78 is 15.4. The molecule has 0 fully saturated rings. The molecule has 2 aromatic carbocycles. The molecule has 0 radical (unpaired) electrons. The van der Waals surface area contributed by atoms with Crippen LogP contribution in [0.5, 0.6) is 17.2 Å². The first-order valence-electron chi connectivity index (χ1n) is 7.56. The number of rotatable bonds is 6. The van der Waals surface area contributed by atoms with Gasteiger partial charge in [0, 0.05) is 11.6 Å². The molecule has 1 amide bonds. The van der Waals surface area contributed by atoms with Crippen LogP contribution in [0.2, 0.25) is 0 Å². The largest absolute Gasteiger partial charge is 0.494 e. The van der Waals surface area contributed by atoms with E-state index in [0.717, 1.165) is 0 Å². The fourth-order valence-corrected chi connectivity index (χ4v) is 2.41. The van der Waals surface area contributed by atoms with Crippen molar-refractivity contribution in [1.82, 2.24) is 5.32 Å². The first-order valence-corrected chi connectivity index (χ1v) is 7.97. The van der Waals surface area contributed by atoms with E-state index in [0.29, 0.717) is 22.7 Å². The standard InChI is InChI=1S/C17H17N3O6S/c1-24-13-7-4-10(8-15(13)26-3)16(21)19-17(27)18-12-6-5-11(20(22)23)9-14(12)25-2/h4-9H,1-3H3,(H2,18,19,21,27). The number of carbonyl (C=O) groups is 1. The highest BCUT2D eigenvalue weighted by Crippen LogP contribution is 2.29. The molecule has 0 aliphatic rings. The third-order valence-electron chi connectivity index (χ3n) is 3.52. The van der Waals surface area contributed by atoms with Crippen LogP contribution in [0.4, 0.5) is 11.4 Å². The average Bonchev–Trinajstić information content (AvgIpc) is 2.67. The number of benzene rings is 2. The second kappa shape index (κ2) is 8.81. The summed E-state index contributed by atoms with van der Waals surface area (Å²) in [6.07, 6.45) is 0. The zero-order chi connectivity index (χ0) is 20.0. The lowest BCUT2D eigenvalue weighted by Gasteiger charge is -2.13. The summed E-state index contributed by atoms with van der Waals surface area (Å²) >= 11 is 5.13. The summed E-state index contributed by atoms with van der Waals surface area (Å²) in [5, 5.41) is 16.1. The summed E-state index contributed by atoms with van der Waals surface area (Å²) in [7, 11) is 4.33. The van der Waals surface area contributed by atoms with Gasteiger partial charge in [-0.05, 0) is 36.5 Å². The quantitative estimate of drug-likeness (QED) is 0.439. The number of ether oxygens (including phenoxy) is 3. The van der Waals surface area contributed by atoms with Crippen LogP contribution in [-0.2, 0) is 0 Å². The second-order valence-electron chi connectivity index (χ2n) is 5.12. The Morgan fingerprint density at radius 2 is 1.67 bits per heavy atom. The van der Waals surface area contributed by atoms with Crippen LogP contribution in [0.15, 0.2) is 36.4 Å². The number of nitrogens with zero attached hydrogens (tertiary/aromatic N) is 1. The smallest absolute Gasteiger partial charge is 0.273 e. The van der Waals surface area contributed by atoms with E-state index in [-0.39, 0.29) is 16.5 Å². The van der Waals surface area contributed by atoms with Crippen LogP contribution < -0.4 is 24.8 Å². The van der Waals surface area contributed by atoms with Gasteiger partial charge in [0.15, 0.2) is 16.6 Å². The molecule has 142 valence electrons. The lowest BCUT2D eigenvalue weighted by atomic mass is 10.2. The van der Waals surface area contributed by atoms with Crippen molar-refractivity contribution in [2.75, 3.05) is 26.6 Å². The van der Waals surface area contributed by atoms with E-state index in [1.165, 1.54) is 45.6 Å². The molecule has 0 saturated carbocycles. The summed E-state index contributed by atoms with van der Waals surface area (Å²) in [6.45, 7) is 0. The van der Waals surface area contributed by atoms with Gasteiger partial charge in [0.25, 0.3) is 11.6 Å². The molecule has 0 bridgehead atoms. The molecule has 10 heteroatoms. The molecule has 0 spiro atoms. The van der Waals surface area contributed by atoms with Crippen molar-refractivity contribution in [3.8, 4) is 17.2 Å². The molecule has 0 saturated heterocycles. The Morgan fingerprint density at radius 3 is 2.26 bits per heavy atom. The Bertz CT molecular complexity index is 887. The number of methoxy groups -OCH3 is 3. The van der Waals surface area contributed by atoms with Gasteiger partial charge in [-0.3, -0.25) is 20.2 Å². The first-order chi connectivity index (χ1) is 12.9. The van der Waals surface area contributed by atoms with Crippen LogP contribution in [0.3, 0.4) is 0 Å². The van der Waals surface area contributed by atoms with Crippen LogP contribution in [-0.4, -0.2) is 37.3 Å². The minimum Gasteiger partial charge on any atom is -0.494 e. The molecular formula is C17H17N3O6S. The number of hydrogen-bond donors (Lipinski definition) is 2. The van der Waals surface area contributed by atoms with E-state index < -0.39 is 10.8 Å². The number of non-ortho nitro benzene ring substituents is 1. The zero-order valence-corrected chi connectivity index (χ0v) is 15.6. The van der Waals surface area contributed by atoms with Crippen molar-refractivity contribution in [3.63, 3.8) is 0 Å². The van der Waals surface area contributed by atoms with Crippen molar-refractivity contribution < 1.29 is 23.9 Å². The highest BCUT2D eigenvalue weighted by molar-refractivity contribution is 7.80. The molecule has 2 rings (SSSR count). The predicted octanol–water partition coefficient (Wildman–Crippen LogP) is 2.75. The van der Waals surface area contributed by atoms with Crippen molar-refractivity contribution in [1.29, 1.82) is 0 Å². The molecule has 2 aromatic rings. The van der Waals surface area contributed by atoms with Gasteiger partial charge in [-0.25, -0.2) is 0 Å². The monoisotopic (exact) mass is 391 g/mol. The van der Waals surface area contributed by atoms with Gasteiger partial charge in [0.05, 0.1) is 38.0 Å². The first kappa shape index (κ1) is 19.9. The number of carbonyl (C=O) groups excluding carboxylic acids is 1. The lowest BCUT2D eigenvalue weighted by molar-refractivity contribution is -0.384. The van der Waals surface area contributed by atoms with Crippen LogP contribution in [0, 0.1) is 10.1 Å². The normalized spacial score (nSPS) is 9.89. The van der Waals surface area contributed by atoms with Crippen LogP contribution in [0.25, 0.3) is 0 Å². The number of nitro groups is 1. The van der Waals surface area contributed by atoms with E-state index in [4.69, 9.17) is 26.4 Å². The molecule has 27 heavy (non-hydrogen) atoms. The average molecular weight is 391 g/mol. The number of nitro benzene ring substituents is 1. The Kier molecular flexibility index (Phi) is 6.50. The van der Waals surface area contributed by atoms with Crippen molar-refractivity contribution >= 4 is 34.6 Å². The van der Waals surface area contributed by atoms with E-state index >= 15 is 0 Å². The summed E-state index contributed by atoms with van der Waals surface area (Å²) in [4.78, 5) is 22.6. The number of nitrogens with one attached hydrogen (secondary N) is 2. The molecule has 0 heterocycles. The number of amides is 1. The number of anilines is 1. The molecule has 0 aliphatic heterocycles. The van der Waals surface area contributed by atoms with Crippen molar-refractivity contribution in [2.45, 2.75) is 0 Å². The van der Waals surface area contributed by atoms with Gasteiger partial charge in [-0.15, -0.1) is 0 Å². The van der Waals surface area contributed by atoms with Gasteiger partial charge >= 0.3 is 0 Å². The topological polar surface area (TPSA) is 112 Å². The second-order valence-corrected chi connectivity index (χ2v) is 5.53. The molecule has 9 nitrogen and oxygen atoms in total. The SMILES string of the molecule is COc1cc([N+](=O)[O-])ccc1NC(=S)NC(=O)c1ccc(OC)c(OC)c1. The molecule has 0 aliphatic carbocycles. The maximum atomic E-state index is 12.4. The van der Waals surface area contributed by atoms with Crippen molar-refractivity contribution in [2.24, 2.45) is 0 Å². The van der Waals surface area contributed by atoms with E-state index in [2.05, 4.69) is 10.6 Å². The Hall–Kier alpha value is -3.40. The van der Waals surface area contributed by atoms with Gasteiger partial charge in [-0.2, -0.15) is 0 Å². The van der Waals surface area contributed by atoms with E-state index in [9.17, 15) is 14.9 Å². The highest BCUT2D eigenvalue weighted by atomic mass is 32.1. The van der Waals surface area contributed by atoms with Gasteiger partial charge in [0.1, 0.15) is 5.75 Å². The van der Waals surface area contributed by atoms with E-state index in [1.54, 1.807) is 12.1 Å². The minimum atomic E-state index is -0.538. The molecule has 0 unspecified atom stereocenters. The fraction of sp³-hybridized carbons (Fsp3) is 0.176.